The maximum atomic E-state index is 14.8. The van der Waals surface area contributed by atoms with Gasteiger partial charge in [0.1, 0.15) is 5.82 Å². The highest BCUT2D eigenvalue weighted by Crippen LogP contribution is 2.32. The van der Waals surface area contributed by atoms with Crippen molar-refractivity contribution < 1.29 is 14.0 Å². The van der Waals surface area contributed by atoms with Crippen LogP contribution in [0.1, 0.15) is 65.8 Å². The summed E-state index contributed by atoms with van der Waals surface area (Å²) in [6.07, 6.45) is 4.74. The number of fused-ring (bicyclic) bond motifs is 1. The van der Waals surface area contributed by atoms with Crippen LogP contribution in [-0.4, -0.2) is 41.6 Å². The summed E-state index contributed by atoms with van der Waals surface area (Å²) in [4.78, 5) is 26.9. The highest BCUT2D eigenvalue weighted by molar-refractivity contribution is 5.98. The first-order chi connectivity index (χ1) is 15.4. The van der Waals surface area contributed by atoms with Crippen LogP contribution < -0.4 is 5.32 Å². The molecule has 2 aromatic rings. The standard InChI is InChI=1S/C26H30FN3O2/c1-3-29-25(31)20-8-9-21(23(27)15-20)18-7-10-22-19(14-18)11-12-30(26(22)32)16(2)13-24(28)17-5-4-6-17/h7-10,14-17,28H,3-6,11-13H2,1-2H3,(H,29,31)/t16-/m1/s1. The SMILES string of the molecule is CCNC(=O)c1ccc(-c2ccc3c(c2)CCN([C@H](C)CC(=N)C2CCC2)C3=O)c(F)c1. The Morgan fingerprint density at radius 3 is 2.62 bits per heavy atom. The van der Waals surface area contributed by atoms with Crippen molar-refractivity contribution in [1.82, 2.24) is 10.2 Å². The molecule has 2 N–H and O–H groups in total. The van der Waals surface area contributed by atoms with E-state index in [9.17, 15) is 14.0 Å². The zero-order valence-corrected chi connectivity index (χ0v) is 18.7. The lowest BCUT2D eigenvalue weighted by molar-refractivity contribution is 0.0678. The average molecular weight is 436 g/mol. The third-order valence-corrected chi connectivity index (χ3v) is 6.74. The molecule has 5 nitrogen and oxygen atoms in total. The van der Waals surface area contributed by atoms with E-state index in [1.54, 1.807) is 24.3 Å². The molecular formula is C26H30FN3O2. The maximum Gasteiger partial charge on any atom is 0.254 e. The molecule has 1 atom stereocenters. The van der Waals surface area contributed by atoms with E-state index in [1.807, 2.05) is 24.8 Å². The Balaban J connectivity index is 1.51. The number of hydrogen-bond acceptors (Lipinski definition) is 3. The van der Waals surface area contributed by atoms with Crippen LogP contribution in [0.5, 0.6) is 0 Å². The second kappa shape index (κ2) is 9.23. The summed E-state index contributed by atoms with van der Waals surface area (Å²) < 4.78 is 14.8. The Morgan fingerprint density at radius 1 is 1.22 bits per heavy atom. The van der Waals surface area contributed by atoms with Gasteiger partial charge in [0.05, 0.1) is 0 Å². The molecule has 0 saturated heterocycles. The number of hydrogen-bond donors (Lipinski definition) is 2. The summed E-state index contributed by atoms with van der Waals surface area (Å²) in [5.74, 6) is -0.366. The van der Waals surface area contributed by atoms with Gasteiger partial charge in [0.25, 0.3) is 11.8 Å². The highest BCUT2D eigenvalue weighted by Gasteiger charge is 2.31. The molecule has 168 valence electrons. The lowest BCUT2D eigenvalue weighted by Gasteiger charge is -2.36. The number of carbonyl (C=O) groups is 2. The van der Waals surface area contributed by atoms with E-state index in [-0.39, 0.29) is 17.9 Å². The fourth-order valence-corrected chi connectivity index (χ4v) is 4.60. The van der Waals surface area contributed by atoms with Crippen molar-refractivity contribution >= 4 is 17.5 Å². The predicted molar refractivity (Wildman–Crippen MR) is 124 cm³/mol. The van der Waals surface area contributed by atoms with Crippen LogP contribution in [0.4, 0.5) is 4.39 Å². The van der Waals surface area contributed by atoms with Crippen LogP contribution in [0.3, 0.4) is 0 Å². The molecule has 1 fully saturated rings. The Labute approximate surface area is 188 Å². The molecule has 1 saturated carbocycles. The van der Waals surface area contributed by atoms with Crippen molar-refractivity contribution in [3.63, 3.8) is 0 Å². The summed E-state index contributed by atoms with van der Waals surface area (Å²) >= 11 is 0. The topological polar surface area (TPSA) is 73.3 Å². The van der Waals surface area contributed by atoms with Crippen molar-refractivity contribution in [2.45, 2.75) is 52.0 Å². The number of nitrogens with one attached hydrogen (secondary N) is 2. The minimum absolute atomic E-state index is 0.00248. The van der Waals surface area contributed by atoms with Gasteiger partial charge in [-0.15, -0.1) is 0 Å². The van der Waals surface area contributed by atoms with Gasteiger partial charge in [0.15, 0.2) is 0 Å². The van der Waals surface area contributed by atoms with Crippen LogP contribution >= 0.6 is 0 Å². The minimum atomic E-state index is -0.458. The van der Waals surface area contributed by atoms with Crippen LogP contribution in [0, 0.1) is 17.1 Å². The lowest BCUT2D eigenvalue weighted by Crippen LogP contribution is -2.45. The highest BCUT2D eigenvalue weighted by atomic mass is 19.1. The van der Waals surface area contributed by atoms with Gasteiger partial charge in [-0.25, -0.2) is 4.39 Å². The first kappa shape index (κ1) is 22.2. The third kappa shape index (κ3) is 4.31. The molecule has 0 unspecified atom stereocenters. The predicted octanol–water partition coefficient (Wildman–Crippen LogP) is 4.84. The molecule has 1 aliphatic carbocycles. The zero-order valence-electron chi connectivity index (χ0n) is 18.7. The van der Waals surface area contributed by atoms with Gasteiger partial charge in [-0.1, -0.05) is 24.6 Å². The molecule has 0 aromatic heterocycles. The van der Waals surface area contributed by atoms with Crippen molar-refractivity contribution in [2.24, 2.45) is 5.92 Å². The smallest absolute Gasteiger partial charge is 0.254 e. The van der Waals surface area contributed by atoms with Gasteiger partial charge < -0.3 is 15.6 Å². The average Bonchev–Trinajstić information content (AvgIpc) is 2.72. The first-order valence-corrected chi connectivity index (χ1v) is 11.5. The van der Waals surface area contributed by atoms with Crippen LogP contribution in [0.15, 0.2) is 36.4 Å². The van der Waals surface area contributed by atoms with Crippen molar-refractivity contribution in [2.75, 3.05) is 13.1 Å². The molecule has 1 heterocycles. The van der Waals surface area contributed by atoms with Crippen LogP contribution in [-0.2, 0) is 6.42 Å². The number of carbonyl (C=O) groups excluding carboxylic acids is 2. The Kier molecular flexibility index (Phi) is 6.40. The summed E-state index contributed by atoms with van der Waals surface area (Å²) in [7, 11) is 0. The summed E-state index contributed by atoms with van der Waals surface area (Å²) in [6, 6.07) is 9.93. The number of halogens is 1. The van der Waals surface area contributed by atoms with E-state index in [0.29, 0.717) is 54.1 Å². The lowest BCUT2D eigenvalue weighted by atomic mass is 9.79. The van der Waals surface area contributed by atoms with E-state index < -0.39 is 5.82 Å². The monoisotopic (exact) mass is 435 g/mol. The molecule has 2 aromatic carbocycles. The van der Waals surface area contributed by atoms with E-state index in [4.69, 9.17) is 5.41 Å². The third-order valence-electron chi connectivity index (χ3n) is 6.74. The molecule has 0 radical (unpaired) electrons. The largest absolute Gasteiger partial charge is 0.352 e. The summed E-state index contributed by atoms with van der Waals surface area (Å²) in [5, 5.41) is 11.0. The molecule has 32 heavy (non-hydrogen) atoms. The number of rotatable bonds is 7. The molecule has 1 aliphatic heterocycles. The second-order valence-electron chi connectivity index (χ2n) is 8.88. The molecule has 0 bridgehead atoms. The number of amides is 2. The van der Waals surface area contributed by atoms with Gasteiger partial charge in [0.2, 0.25) is 0 Å². The van der Waals surface area contributed by atoms with Gasteiger partial charge in [-0.2, -0.15) is 0 Å². The van der Waals surface area contributed by atoms with Crippen molar-refractivity contribution in [3.05, 3.63) is 58.9 Å². The summed E-state index contributed by atoms with van der Waals surface area (Å²) in [5.41, 5.74) is 3.74. The van der Waals surface area contributed by atoms with Crippen molar-refractivity contribution in [1.29, 1.82) is 5.41 Å². The van der Waals surface area contributed by atoms with E-state index in [2.05, 4.69) is 5.32 Å². The minimum Gasteiger partial charge on any atom is -0.352 e. The van der Waals surface area contributed by atoms with Crippen molar-refractivity contribution in [3.8, 4) is 11.1 Å². The molecule has 6 heteroatoms. The normalized spacial score (nSPS) is 16.8. The fourth-order valence-electron chi connectivity index (χ4n) is 4.60. The molecular weight excluding hydrogens is 405 g/mol. The fraction of sp³-hybridized carbons (Fsp3) is 0.423. The number of benzene rings is 2. The van der Waals surface area contributed by atoms with Gasteiger partial charge in [-0.3, -0.25) is 9.59 Å². The first-order valence-electron chi connectivity index (χ1n) is 11.5. The molecule has 2 amide bonds. The van der Waals surface area contributed by atoms with Gasteiger partial charge in [0, 0.05) is 48.0 Å². The van der Waals surface area contributed by atoms with Crippen LogP contribution in [0.25, 0.3) is 11.1 Å². The zero-order chi connectivity index (χ0) is 22.8. The van der Waals surface area contributed by atoms with E-state index in [0.717, 1.165) is 24.1 Å². The van der Waals surface area contributed by atoms with Gasteiger partial charge in [-0.05, 0) is 68.4 Å². The summed E-state index contributed by atoms with van der Waals surface area (Å²) in [6.45, 7) is 4.93. The van der Waals surface area contributed by atoms with E-state index >= 15 is 0 Å². The second-order valence-corrected chi connectivity index (χ2v) is 8.88. The number of nitrogens with zero attached hydrogens (tertiary/aromatic N) is 1. The van der Waals surface area contributed by atoms with Crippen LogP contribution in [0.2, 0.25) is 0 Å². The maximum absolute atomic E-state index is 14.8. The van der Waals surface area contributed by atoms with Gasteiger partial charge >= 0.3 is 0 Å². The quantitative estimate of drug-likeness (QED) is 0.611. The molecule has 4 rings (SSSR count). The molecule has 2 aliphatic rings. The Morgan fingerprint density at radius 2 is 1.97 bits per heavy atom. The Bertz CT molecular complexity index is 1060. The molecule has 0 spiro atoms. The van der Waals surface area contributed by atoms with E-state index in [1.165, 1.54) is 12.5 Å². The Hall–Kier alpha value is -3.02.